The van der Waals surface area contributed by atoms with E-state index in [0.717, 1.165) is 55.4 Å². The molecule has 0 aliphatic carbocycles. The monoisotopic (exact) mass is 735 g/mol. The van der Waals surface area contributed by atoms with Crippen LogP contribution >= 0.6 is 11.3 Å². The maximum atomic E-state index is 6.22. The molecule has 8 aromatic carbocycles. The molecule has 1 atom stereocenters. The van der Waals surface area contributed by atoms with Gasteiger partial charge in [0.2, 0.25) is 0 Å². The minimum Gasteiger partial charge on any atom is -0.456 e. The quantitative estimate of drug-likeness (QED) is 0.185. The van der Waals surface area contributed by atoms with Crippen molar-refractivity contribution in [3.63, 3.8) is 0 Å². The van der Waals surface area contributed by atoms with E-state index in [4.69, 9.17) is 14.4 Å². The van der Waals surface area contributed by atoms with E-state index in [1.165, 1.54) is 42.6 Å². The Labute approximate surface area is 327 Å². The molecule has 5 heteroatoms. The zero-order chi connectivity index (χ0) is 37.0. The van der Waals surface area contributed by atoms with Gasteiger partial charge in [-0.25, -0.2) is 9.98 Å². The molecule has 0 radical (unpaired) electrons. The number of nitrogens with zero attached hydrogens (tertiary/aromatic N) is 2. The molecule has 1 aliphatic rings. The number of benzene rings is 8. The Morgan fingerprint density at radius 2 is 1.07 bits per heavy atom. The molecule has 1 unspecified atom stereocenters. The Hall–Kier alpha value is -7.08. The summed E-state index contributed by atoms with van der Waals surface area (Å²) in [5.74, 6) is 1.51. The van der Waals surface area contributed by atoms with Crippen LogP contribution in [-0.4, -0.2) is 11.7 Å². The highest BCUT2D eigenvalue weighted by molar-refractivity contribution is 7.27. The lowest BCUT2D eigenvalue weighted by atomic mass is 9.94. The summed E-state index contributed by atoms with van der Waals surface area (Å²) in [6.07, 6.45) is -0.298. The number of thiophene rings is 1. The number of para-hydroxylation sites is 1. The second kappa shape index (κ2) is 13.3. The van der Waals surface area contributed by atoms with Crippen molar-refractivity contribution in [2.45, 2.75) is 6.17 Å². The molecule has 1 aliphatic heterocycles. The second-order valence-electron chi connectivity index (χ2n) is 14.1. The van der Waals surface area contributed by atoms with Gasteiger partial charge in [0.05, 0.1) is 0 Å². The third-order valence-corrected chi connectivity index (χ3v) is 12.0. The van der Waals surface area contributed by atoms with Crippen LogP contribution in [0.5, 0.6) is 0 Å². The van der Waals surface area contributed by atoms with Crippen LogP contribution in [0.25, 0.3) is 75.5 Å². The molecule has 0 fully saturated rings. The summed E-state index contributed by atoms with van der Waals surface area (Å²) in [5, 5.41) is 8.23. The first-order valence-corrected chi connectivity index (χ1v) is 19.7. The van der Waals surface area contributed by atoms with Crippen LogP contribution in [-0.2, 0) is 0 Å². The molecule has 56 heavy (non-hydrogen) atoms. The van der Waals surface area contributed by atoms with Gasteiger partial charge in [0.15, 0.2) is 5.84 Å². The van der Waals surface area contributed by atoms with E-state index in [-0.39, 0.29) is 6.17 Å². The Morgan fingerprint density at radius 3 is 1.91 bits per heavy atom. The topological polar surface area (TPSA) is 49.9 Å². The lowest BCUT2D eigenvalue weighted by molar-refractivity contribution is 0.669. The molecule has 2 aromatic heterocycles. The van der Waals surface area contributed by atoms with Gasteiger partial charge in [-0.3, -0.25) is 0 Å². The number of aliphatic imine (C=N–C) groups is 2. The average molecular weight is 736 g/mol. The Morgan fingerprint density at radius 1 is 0.446 bits per heavy atom. The van der Waals surface area contributed by atoms with E-state index in [1.54, 1.807) is 0 Å². The van der Waals surface area contributed by atoms with Crippen molar-refractivity contribution in [1.29, 1.82) is 0 Å². The largest absolute Gasteiger partial charge is 0.456 e. The van der Waals surface area contributed by atoms with E-state index in [9.17, 15) is 0 Å². The van der Waals surface area contributed by atoms with E-state index in [0.29, 0.717) is 5.84 Å². The minimum atomic E-state index is -0.298. The molecule has 264 valence electrons. The van der Waals surface area contributed by atoms with Crippen molar-refractivity contribution in [2.24, 2.45) is 9.98 Å². The molecule has 0 saturated carbocycles. The van der Waals surface area contributed by atoms with Gasteiger partial charge in [-0.1, -0.05) is 158 Å². The number of hydrogen-bond acceptors (Lipinski definition) is 5. The predicted octanol–water partition coefficient (Wildman–Crippen LogP) is 13.5. The zero-order valence-electron chi connectivity index (χ0n) is 30.2. The molecule has 0 amide bonds. The molecule has 0 saturated heterocycles. The summed E-state index contributed by atoms with van der Waals surface area (Å²) in [4.78, 5) is 10.6. The van der Waals surface area contributed by atoms with Crippen LogP contribution in [0.4, 0.5) is 0 Å². The van der Waals surface area contributed by atoms with Crippen molar-refractivity contribution in [1.82, 2.24) is 5.32 Å². The molecular weight excluding hydrogens is 703 g/mol. The average Bonchev–Trinajstić information content (AvgIpc) is 3.86. The van der Waals surface area contributed by atoms with Gasteiger partial charge in [-0.15, -0.1) is 11.3 Å². The van der Waals surface area contributed by atoms with E-state index in [1.807, 2.05) is 35.6 Å². The summed E-state index contributed by atoms with van der Waals surface area (Å²) in [6, 6.07) is 66.3. The molecule has 11 rings (SSSR count). The maximum absolute atomic E-state index is 6.22. The number of nitrogens with one attached hydrogen (secondary N) is 1. The van der Waals surface area contributed by atoms with Gasteiger partial charge in [0.1, 0.15) is 23.2 Å². The SMILES string of the molecule is c1ccc(C2=NC(c3ccc(-c4cccc(-c5ccccc5)c4)c4sc5c(-c6ccc7oc8ccccc8c7c6)cccc5c34)=NC(c3ccccc3)N2)cc1. The number of fused-ring (bicyclic) bond motifs is 6. The Kier molecular flexibility index (Phi) is 7.71. The van der Waals surface area contributed by atoms with E-state index in [2.05, 4.69) is 169 Å². The van der Waals surface area contributed by atoms with Gasteiger partial charge in [0, 0.05) is 42.1 Å². The first-order valence-electron chi connectivity index (χ1n) is 18.8. The van der Waals surface area contributed by atoms with Crippen LogP contribution < -0.4 is 5.32 Å². The molecule has 4 nitrogen and oxygen atoms in total. The second-order valence-corrected chi connectivity index (χ2v) is 15.2. The van der Waals surface area contributed by atoms with Crippen molar-refractivity contribution >= 4 is 65.1 Å². The standard InChI is InChI=1S/C51H33N3OS/c1-4-14-32(15-5-1)35-20-12-21-36(30-35)39-27-28-42(51-53-49(33-16-6-2-7-17-33)52-50(54-51)34-18-8-3-9-19-34)46-41-24-13-23-38(47(41)56-48(39)46)37-26-29-45-43(31-37)40-22-10-11-25-44(40)55-45/h1-31,49H,(H,52,53,54). The fourth-order valence-electron chi connectivity index (χ4n) is 8.05. The molecule has 10 aromatic rings. The maximum Gasteiger partial charge on any atom is 0.160 e. The highest BCUT2D eigenvalue weighted by atomic mass is 32.1. The number of amidine groups is 2. The van der Waals surface area contributed by atoms with Crippen LogP contribution in [0.1, 0.15) is 22.9 Å². The van der Waals surface area contributed by atoms with Crippen LogP contribution in [0, 0.1) is 0 Å². The zero-order valence-corrected chi connectivity index (χ0v) is 31.0. The number of furan rings is 1. The summed E-state index contributed by atoms with van der Waals surface area (Å²) in [5.41, 5.74) is 12.0. The fourth-order valence-corrected chi connectivity index (χ4v) is 9.45. The highest BCUT2D eigenvalue weighted by Crippen LogP contribution is 2.47. The van der Waals surface area contributed by atoms with Gasteiger partial charge in [-0.05, 0) is 69.3 Å². The summed E-state index contributed by atoms with van der Waals surface area (Å²) in [7, 11) is 0. The van der Waals surface area contributed by atoms with Gasteiger partial charge >= 0.3 is 0 Å². The lowest BCUT2D eigenvalue weighted by Crippen LogP contribution is -2.33. The first kappa shape index (κ1) is 32.4. The third kappa shape index (κ3) is 5.52. The van der Waals surface area contributed by atoms with Crippen LogP contribution in [0.15, 0.2) is 202 Å². The fraction of sp³-hybridized carbons (Fsp3) is 0.0196. The van der Waals surface area contributed by atoms with Gasteiger partial charge in [-0.2, -0.15) is 0 Å². The summed E-state index contributed by atoms with van der Waals surface area (Å²) < 4.78 is 8.65. The Balaban J connectivity index is 1.17. The first-order chi connectivity index (χ1) is 27.7. The van der Waals surface area contributed by atoms with Gasteiger partial charge in [0.25, 0.3) is 0 Å². The summed E-state index contributed by atoms with van der Waals surface area (Å²) >= 11 is 1.85. The van der Waals surface area contributed by atoms with Crippen molar-refractivity contribution in [3.05, 3.63) is 205 Å². The smallest absolute Gasteiger partial charge is 0.160 e. The minimum absolute atomic E-state index is 0.298. The van der Waals surface area contributed by atoms with Crippen molar-refractivity contribution in [2.75, 3.05) is 0 Å². The molecule has 1 N–H and O–H groups in total. The summed E-state index contributed by atoms with van der Waals surface area (Å²) in [6.45, 7) is 0. The lowest BCUT2D eigenvalue weighted by Gasteiger charge is -2.24. The Bertz CT molecular complexity index is 3160. The molecular formula is C51H33N3OS. The van der Waals surface area contributed by atoms with Crippen molar-refractivity contribution < 1.29 is 4.42 Å². The van der Waals surface area contributed by atoms with Crippen LogP contribution in [0.3, 0.4) is 0 Å². The van der Waals surface area contributed by atoms with Crippen LogP contribution in [0.2, 0.25) is 0 Å². The molecule has 0 spiro atoms. The van der Waals surface area contributed by atoms with Crippen molar-refractivity contribution in [3.8, 4) is 33.4 Å². The number of hydrogen-bond donors (Lipinski definition) is 1. The molecule has 3 heterocycles. The highest BCUT2D eigenvalue weighted by Gasteiger charge is 2.25. The normalized spacial score (nSPS) is 14.2. The third-order valence-electron chi connectivity index (χ3n) is 10.8. The van der Waals surface area contributed by atoms with E-state index < -0.39 is 0 Å². The van der Waals surface area contributed by atoms with E-state index >= 15 is 0 Å². The van der Waals surface area contributed by atoms with Gasteiger partial charge < -0.3 is 9.73 Å². The molecule has 0 bridgehead atoms. The predicted molar refractivity (Wildman–Crippen MR) is 235 cm³/mol. The number of rotatable bonds is 6.